The van der Waals surface area contributed by atoms with Gasteiger partial charge in [-0.25, -0.2) is 0 Å². The van der Waals surface area contributed by atoms with E-state index in [0.29, 0.717) is 6.42 Å². The molecule has 0 aliphatic heterocycles. The minimum atomic E-state index is -0.810. The molecule has 2 rings (SSSR count). The van der Waals surface area contributed by atoms with Crippen molar-refractivity contribution in [1.82, 2.24) is 0 Å². The molecule has 1 aromatic rings. The van der Waals surface area contributed by atoms with Crippen LogP contribution in [0, 0.1) is 20.2 Å². The lowest BCUT2D eigenvalue weighted by molar-refractivity contribution is -0.394. The summed E-state index contributed by atoms with van der Waals surface area (Å²) in [6.07, 6.45) is 5.26. The van der Waals surface area contributed by atoms with Crippen molar-refractivity contribution in [2.75, 3.05) is 0 Å². The minimum absolute atomic E-state index is 0.195. The van der Waals surface area contributed by atoms with E-state index in [2.05, 4.69) is 0 Å². The van der Waals surface area contributed by atoms with Crippen molar-refractivity contribution in [2.45, 2.75) is 25.7 Å². The summed E-state index contributed by atoms with van der Waals surface area (Å²) in [6, 6.07) is 1.97. The summed E-state index contributed by atoms with van der Waals surface area (Å²) >= 11 is 0. The Morgan fingerprint density at radius 1 is 1.11 bits per heavy atom. The third-order valence-electron chi connectivity index (χ3n) is 3.12. The zero-order chi connectivity index (χ0) is 14.0. The van der Waals surface area contributed by atoms with Crippen LogP contribution in [0.1, 0.15) is 31.2 Å². The maximum Gasteiger partial charge on any atom is 0.318 e. The Bertz CT molecular complexity index is 580. The maximum absolute atomic E-state index is 10.8. The fraction of sp³-hybridized carbons (Fsp3) is 0.333. The summed E-state index contributed by atoms with van der Waals surface area (Å²) in [7, 11) is 0. The van der Waals surface area contributed by atoms with Gasteiger partial charge in [-0.1, -0.05) is 6.08 Å². The van der Waals surface area contributed by atoms with Crippen molar-refractivity contribution in [2.24, 2.45) is 0 Å². The summed E-state index contributed by atoms with van der Waals surface area (Å²) in [5.41, 5.74) is -0.0854. The second kappa shape index (κ2) is 5.05. The van der Waals surface area contributed by atoms with Crippen LogP contribution >= 0.6 is 0 Å². The summed E-state index contributed by atoms with van der Waals surface area (Å²) in [5, 5.41) is 31.6. The zero-order valence-electron chi connectivity index (χ0n) is 10.0. The Morgan fingerprint density at radius 2 is 1.84 bits per heavy atom. The van der Waals surface area contributed by atoms with Gasteiger partial charge < -0.3 is 5.11 Å². The van der Waals surface area contributed by atoms with Gasteiger partial charge in [-0.05, 0) is 31.3 Å². The SMILES string of the molecule is O=[N+]([O-])c1cc(C2=CCCCC2)c(O)c([N+](=O)[O-])c1. The van der Waals surface area contributed by atoms with Crippen molar-refractivity contribution in [3.63, 3.8) is 0 Å². The Labute approximate surface area is 108 Å². The van der Waals surface area contributed by atoms with Crippen LogP contribution in [0.15, 0.2) is 18.2 Å². The average molecular weight is 264 g/mol. The Balaban J connectivity index is 2.61. The molecule has 1 aromatic carbocycles. The molecular formula is C12H12N2O5. The quantitative estimate of drug-likeness (QED) is 0.666. The molecule has 0 saturated carbocycles. The van der Waals surface area contributed by atoms with Gasteiger partial charge in [-0.2, -0.15) is 0 Å². The number of nitrogens with zero attached hydrogens (tertiary/aromatic N) is 2. The lowest BCUT2D eigenvalue weighted by Gasteiger charge is -2.13. The number of aromatic hydroxyl groups is 1. The lowest BCUT2D eigenvalue weighted by Crippen LogP contribution is -1.98. The van der Waals surface area contributed by atoms with E-state index in [1.807, 2.05) is 6.08 Å². The van der Waals surface area contributed by atoms with E-state index in [1.165, 1.54) is 6.07 Å². The van der Waals surface area contributed by atoms with Crippen molar-refractivity contribution in [3.8, 4) is 5.75 Å². The van der Waals surface area contributed by atoms with E-state index in [1.54, 1.807) is 0 Å². The van der Waals surface area contributed by atoms with Crippen LogP contribution < -0.4 is 0 Å². The number of allylic oxidation sites excluding steroid dienone is 2. The van der Waals surface area contributed by atoms with Crippen molar-refractivity contribution in [3.05, 3.63) is 44.0 Å². The molecule has 0 aromatic heterocycles. The number of nitro groups is 2. The molecule has 0 radical (unpaired) electrons. The first-order valence-corrected chi connectivity index (χ1v) is 5.86. The first-order valence-electron chi connectivity index (χ1n) is 5.86. The van der Waals surface area contributed by atoms with Gasteiger partial charge in [-0.3, -0.25) is 20.2 Å². The van der Waals surface area contributed by atoms with Gasteiger partial charge in [0.05, 0.1) is 15.9 Å². The van der Waals surface area contributed by atoms with Crippen LogP contribution in [0.3, 0.4) is 0 Å². The molecule has 0 saturated heterocycles. The number of hydrogen-bond acceptors (Lipinski definition) is 5. The predicted octanol–water partition coefficient (Wildman–Crippen LogP) is 3.17. The molecule has 7 heteroatoms. The topological polar surface area (TPSA) is 107 Å². The molecule has 0 bridgehead atoms. The van der Waals surface area contributed by atoms with Gasteiger partial charge in [-0.15, -0.1) is 0 Å². The number of phenols is 1. The number of phenolic OH excluding ortho intramolecular Hbond substituents is 1. The first kappa shape index (κ1) is 13.0. The normalized spacial score (nSPS) is 14.8. The van der Waals surface area contributed by atoms with Gasteiger partial charge >= 0.3 is 5.69 Å². The molecule has 7 nitrogen and oxygen atoms in total. The standard InChI is InChI=1S/C12H12N2O5/c15-12-10(8-4-2-1-3-5-8)6-9(13(16)17)7-11(12)14(18)19/h4,6-7,15H,1-3,5H2. The van der Waals surface area contributed by atoms with Gasteiger partial charge in [0.15, 0.2) is 0 Å². The van der Waals surface area contributed by atoms with Crippen LogP contribution in [0.5, 0.6) is 5.75 Å². The maximum atomic E-state index is 10.8. The summed E-state index contributed by atoms with van der Waals surface area (Å²) in [5.74, 6) is -0.497. The Hall–Kier alpha value is -2.44. The third kappa shape index (κ3) is 2.54. The van der Waals surface area contributed by atoms with Crippen LogP contribution in [0.25, 0.3) is 5.57 Å². The monoisotopic (exact) mass is 264 g/mol. The van der Waals surface area contributed by atoms with Gasteiger partial charge in [0.1, 0.15) is 0 Å². The number of benzene rings is 1. The highest BCUT2D eigenvalue weighted by molar-refractivity contribution is 5.77. The van der Waals surface area contributed by atoms with Crippen LogP contribution in [0.2, 0.25) is 0 Å². The molecule has 0 amide bonds. The van der Waals surface area contributed by atoms with Crippen LogP contribution in [-0.2, 0) is 0 Å². The summed E-state index contributed by atoms with van der Waals surface area (Å²) in [6.45, 7) is 0. The highest BCUT2D eigenvalue weighted by Gasteiger charge is 2.25. The first-order chi connectivity index (χ1) is 9.00. The second-order valence-corrected chi connectivity index (χ2v) is 4.35. The summed E-state index contributed by atoms with van der Waals surface area (Å²) < 4.78 is 0. The molecule has 1 aliphatic rings. The highest BCUT2D eigenvalue weighted by atomic mass is 16.6. The lowest BCUT2D eigenvalue weighted by atomic mass is 9.92. The Kier molecular flexibility index (Phi) is 3.46. The molecule has 19 heavy (non-hydrogen) atoms. The number of nitro benzene ring substituents is 2. The van der Waals surface area contributed by atoms with E-state index >= 15 is 0 Å². The van der Waals surface area contributed by atoms with Crippen molar-refractivity contribution in [1.29, 1.82) is 0 Å². The molecule has 100 valence electrons. The van der Waals surface area contributed by atoms with Crippen molar-refractivity contribution < 1.29 is 15.0 Å². The van der Waals surface area contributed by atoms with E-state index in [-0.39, 0.29) is 11.3 Å². The molecule has 1 N–H and O–H groups in total. The van der Waals surface area contributed by atoms with Gasteiger partial charge in [0.2, 0.25) is 5.75 Å². The van der Waals surface area contributed by atoms with Crippen LogP contribution in [0.4, 0.5) is 11.4 Å². The Morgan fingerprint density at radius 3 is 2.37 bits per heavy atom. The second-order valence-electron chi connectivity index (χ2n) is 4.35. The van der Waals surface area contributed by atoms with Crippen LogP contribution in [-0.4, -0.2) is 15.0 Å². The fourth-order valence-electron chi connectivity index (χ4n) is 2.18. The number of hydrogen-bond donors (Lipinski definition) is 1. The van der Waals surface area contributed by atoms with Crippen molar-refractivity contribution >= 4 is 16.9 Å². The smallest absolute Gasteiger partial charge is 0.318 e. The van der Waals surface area contributed by atoms with E-state index in [0.717, 1.165) is 30.9 Å². The average Bonchev–Trinajstić information content (AvgIpc) is 2.39. The van der Waals surface area contributed by atoms with Gasteiger partial charge in [0, 0.05) is 11.6 Å². The minimum Gasteiger partial charge on any atom is -0.502 e. The number of rotatable bonds is 3. The highest BCUT2D eigenvalue weighted by Crippen LogP contribution is 2.40. The predicted molar refractivity (Wildman–Crippen MR) is 67.9 cm³/mol. The molecule has 0 unspecified atom stereocenters. The fourth-order valence-corrected chi connectivity index (χ4v) is 2.18. The molecule has 0 fully saturated rings. The largest absolute Gasteiger partial charge is 0.502 e. The van der Waals surface area contributed by atoms with E-state index in [4.69, 9.17) is 0 Å². The van der Waals surface area contributed by atoms with E-state index < -0.39 is 21.3 Å². The zero-order valence-corrected chi connectivity index (χ0v) is 10.0. The molecule has 1 aliphatic carbocycles. The van der Waals surface area contributed by atoms with E-state index in [9.17, 15) is 25.3 Å². The number of non-ortho nitro benzene ring substituents is 1. The summed E-state index contributed by atoms with van der Waals surface area (Å²) in [4.78, 5) is 20.1. The molecule has 0 spiro atoms. The third-order valence-corrected chi connectivity index (χ3v) is 3.12. The van der Waals surface area contributed by atoms with Gasteiger partial charge in [0.25, 0.3) is 5.69 Å². The molecule has 0 heterocycles. The molecular weight excluding hydrogens is 252 g/mol. The molecule has 0 atom stereocenters.